The van der Waals surface area contributed by atoms with E-state index in [0.29, 0.717) is 28.0 Å². The number of aromatic nitrogens is 3. The molecule has 0 fully saturated rings. The van der Waals surface area contributed by atoms with E-state index in [1.54, 1.807) is 36.9 Å². The van der Waals surface area contributed by atoms with Crippen molar-refractivity contribution in [3.05, 3.63) is 88.6 Å². The molecule has 4 aromatic rings. The van der Waals surface area contributed by atoms with Gasteiger partial charge in [0.1, 0.15) is 10.6 Å². The van der Waals surface area contributed by atoms with E-state index in [4.69, 9.17) is 9.15 Å². The minimum absolute atomic E-state index is 0.189. The molecule has 0 aliphatic heterocycles. The lowest BCUT2D eigenvalue weighted by Crippen LogP contribution is -2.30. The van der Waals surface area contributed by atoms with Gasteiger partial charge in [0.25, 0.3) is 5.91 Å². The van der Waals surface area contributed by atoms with Crippen molar-refractivity contribution in [2.75, 3.05) is 11.5 Å². The fraction of sp³-hybridized carbons (Fsp3) is 0.217. The van der Waals surface area contributed by atoms with Gasteiger partial charge in [0.05, 0.1) is 25.4 Å². The summed E-state index contributed by atoms with van der Waals surface area (Å²) in [6, 6.07) is 14.8. The van der Waals surface area contributed by atoms with E-state index < -0.39 is 5.97 Å². The van der Waals surface area contributed by atoms with Gasteiger partial charge in [-0.1, -0.05) is 41.7 Å². The number of aryl methyl sites for hydroxylation is 1. The number of esters is 1. The van der Waals surface area contributed by atoms with Crippen molar-refractivity contribution in [1.29, 1.82) is 0 Å². The number of hydrogen-bond acceptors (Lipinski definition) is 7. The molecule has 4 rings (SSSR count). The molecule has 0 saturated heterocycles. The maximum Gasteiger partial charge on any atom is 0.350 e. The van der Waals surface area contributed by atoms with E-state index in [1.807, 2.05) is 42.6 Å². The quantitative estimate of drug-likeness (QED) is 0.372. The van der Waals surface area contributed by atoms with E-state index in [1.165, 1.54) is 4.90 Å². The third-order valence-corrected chi connectivity index (χ3v) is 5.82. The molecule has 1 amide bonds. The van der Waals surface area contributed by atoms with Crippen LogP contribution in [-0.4, -0.2) is 33.2 Å². The van der Waals surface area contributed by atoms with Gasteiger partial charge in [-0.05, 0) is 37.6 Å². The average Bonchev–Trinajstić information content (AvgIpc) is 3.54. The highest BCUT2D eigenvalue weighted by molar-refractivity contribution is 7.17. The molecular formula is C23H22N4O4S. The molecule has 3 heterocycles. The third-order valence-electron chi connectivity index (χ3n) is 4.66. The summed E-state index contributed by atoms with van der Waals surface area (Å²) in [6.07, 6.45) is 3.50. The number of hydrogen-bond donors (Lipinski definition) is 0. The fourth-order valence-corrected chi connectivity index (χ4v) is 4.10. The molecule has 0 aliphatic rings. The molecule has 0 saturated carbocycles. The molecule has 0 N–H and O–H groups in total. The number of nitrogens with zero attached hydrogens (tertiary/aromatic N) is 4. The predicted molar refractivity (Wildman–Crippen MR) is 120 cm³/mol. The van der Waals surface area contributed by atoms with E-state index in [0.717, 1.165) is 16.9 Å². The van der Waals surface area contributed by atoms with Gasteiger partial charge in [0, 0.05) is 12.4 Å². The second-order valence-electron chi connectivity index (χ2n) is 6.98. The second kappa shape index (κ2) is 9.61. The molecule has 32 heavy (non-hydrogen) atoms. The predicted octanol–water partition coefficient (Wildman–Crippen LogP) is 4.31. The number of benzene rings is 1. The van der Waals surface area contributed by atoms with Crippen molar-refractivity contribution in [3.63, 3.8) is 0 Å². The van der Waals surface area contributed by atoms with Gasteiger partial charge in [-0.15, -0.1) is 0 Å². The number of rotatable bonds is 8. The van der Waals surface area contributed by atoms with Crippen molar-refractivity contribution in [3.8, 4) is 0 Å². The summed E-state index contributed by atoms with van der Waals surface area (Å²) in [5.74, 6) is 0.0120. The van der Waals surface area contributed by atoms with Crippen LogP contribution in [0.5, 0.6) is 0 Å². The number of amides is 1. The molecular weight excluding hydrogens is 428 g/mol. The zero-order valence-corrected chi connectivity index (χ0v) is 18.5. The Kier molecular flexibility index (Phi) is 6.46. The Morgan fingerprint density at radius 1 is 1.16 bits per heavy atom. The van der Waals surface area contributed by atoms with Gasteiger partial charge >= 0.3 is 5.97 Å². The molecule has 0 spiro atoms. The summed E-state index contributed by atoms with van der Waals surface area (Å²) in [5.41, 5.74) is 1.45. The van der Waals surface area contributed by atoms with Crippen LogP contribution in [0.2, 0.25) is 0 Å². The number of anilines is 1. The molecule has 3 aromatic heterocycles. The van der Waals surface area contributed by atoms with Crippen LogP contribution in [-0.2, 0) is 17.8 Å². The van der Waals surface area contributed by atoms with Crippen molar-refractivity contribution in [1.82, 2.24) is 14.8 Å². The lowest BCUT2D eigenvalue weighted by molar-refractivity contribution is 0.0531. The minimum atomic E-state index is -0.444. The van der Waals surface area contributed by atoms with E-state index in [2.05, 4.69) is 10.1 Å². The summed E-state index contributed by atoms with van der Waals surface area (Å²) >= 11 is 1.13. The average molecular weight is 451 g/mol. The summed E-state index contributed by atoms with van der Waals surface area (Å²) in [5, 5.41) is 4.56. The van der Waals surface area contributed by atoms with Gasteiger partial charge in [0.15, 0.2) is 10.9 Å². The van der Waals surface area contributed by atoms with Crippen LogP contribution in [0.15, 0.2) is 65.3 Å². The molecule has 164 valence electrons. The lowest BCUT2D eigenvalue weighted by atomic mass is 10.2. The topological polar surface area (TPSA) is 90.5 Å². The van der Waals surface area contributed by atoms with Gasteiger partial charge < -0.3 is 9.15 Å². The fourth-order valence-electron chi connectivity index (χ4n) is 3.14. The SMILES string of the molecule is CCOC(=O)c1sc(N(Cc2ccccc2)C(=O)c2ccc(Cn3cccn3)o2)nc1C. The minimum Gasteiger partial charge on any atom is -0.462 e. The van der Waals surface area contributed by atoms with E-state index >= 15 is 0 Å². The van der Waals surface area contributed by atoms with Crippen molar-refractivity contribution >= 4 is 28.3 Å². The van der Waals surface area contributed by atoms with Crippen LogP contribution in [0, 0.1) is 6.92 Å². The summed E-state index contributed by atoms with van der Waals surface area (Å²) in [6.45, 7) is 4.45. The first-order chi connectivity index (χ1) is 15.5. The first-order valence-electron chi connectivity index (χ1n) is 10.1. The van der Waals surface area contributed by atoms with Crippen LogP contribution >= 0.6 is 11.3 Å². The van der Waals surface area contributed by atoms with E-state index in [-0.39, 0.29) is 24.8 Å². The molecule has 8 nitrogen and oxygen atoms in total. The second-order valence-corrected chi connectivity index (χ2v) is 7.96. The number of furan rings is 1. The van der Waals surface area contributed by atoms with Crippen molar-refractivity contribution < 1.29 is 18.7 Å². The molecule has 0 atom stereocenters. The number of ether oxygens (including phenoxy) is 1. The van der Waals surface area contributed by atoms with Gasteiger partial charge in [-0.2, -0.15) is 5.10 Å². The van der Waals surface area contributed by atoms with Crippen LogP contribution in [0.3, 0.4) is 0 Å². The summed E-state index contributed by atoms with van der Waals surface area (Å²) in [7, 11) is 0. The highest BCUT2D eigenvalue weighted by Gasteiger charge is 2.27. The Morgan fingerprint density at radius 2 is 1.97 bits per heavy atom. The van der Waals surface area contributed by atoms with Crippen LogP contribution < -0.4 is 4.90 Å². The smallest absolute Gasteiger partial charge is 0.350 e. The highest BCUT2D eigenvalue weighted by atomic mass is 32.1. The normalized spacial score (nSPS) is 10.8. The van der Waals surface area contributed by atoms with E-state index in [9.17, 15) is 9.59 Å². The molecule has 1 aromatic carbocycles. The lowest BCUT2D eigenvalue weighted by Gasteiger charge is -2.19. The Hall–Kier alpha value is -3.72. The summed E-state index contributed by atoms with van der Waals surface area (Å²) in [4.78, 5) is 32.1. The Morgan fingerprint density at radius 3 is 2.69 bits per heavy atom. The van der Waals surface area contributed by atoms with Crippen molar-refractivity contribution in [2.24, 2.45) is 0 Å². The van der Waals surface area contributed by atoms with Crippen molar-refractivity contribution in [2.45, 2.75) is 26.9 Å². The molecule has 0 radical (unpaired) electrons. The number of carbonyl (C=O) groups is 2. The van der Waals surface area contributed by atoms with Crippen LogP contribution in [0.1, 0.15) is 44.2 Å². The molecule has 0 unspecified atom stereocenters. The standard InChI is InChI=1S/C23H22N4O4S/c1-3-30-22(29)20-16(2)25-23(32-20)27(14-17-8-5-4-6-9-17)21(28)19-11-10-18(31-19)15-26-13-7-12-24-26/h4-13H,3,14-15H2,1-2H3. The first-order valence-corrected chi connectivity index (χ1v) is 10.9. The Bertz CT molecular complexity index is 1200. The zero-order chi connectivity index (χ0) is 22.5. The maximum atomic E-state index is 13.4. The molecule has 0 bridgehead atoms. The number of thiazole rings is 1. The monoisotopic (exact) mass is 450 g/mol. The largest absolute Gasteiger partial charge is 0.462 e. The zero-order valence-electron chi connectivity index (χ0n) is 17.7. The van der Waals surface area contributed by atoms with Crippen LogP contribution in [0.25, 0.3) is 0 Å². The summed E-state index contributed by atoms with van der Waals surface area (Å²) < 4.78 is 12.6. The van der Waals surface area contributed by atoms with Gasteiger partial charge in [-0.3, -0.25) is 14.4 Å². The third kappa shape index (κ3) is 4.78. The van der Waals surface area contributed by atoms with Crippen LogP contribution in [0.4, 0.5) is 5.13 Å². The Labute approximate surface area is 189 Å². The van der Waals surface area contributed by atoms with Gasteiger partial charge in [-0.25, -0.2) is 9.78 Å². The number of carbonyl (C=O) groups excluding carboxylic acids is 2. The highest BCUT2D eigenvalue weighted by Crippen LogP contribution is 2.29. The Balaban J connectivity index is 1.64. The first kappa shape index (κ1) is 21.5. The molecule has 9 heteroatoms. The van der Waals surface area contributed by atoms with Gasteiger partial charge in [0.2, 0.25) is 0 Å². The molecule has 0 aliphatic carbocycles. The maximum absolute atomic E-state index is 13.4.